The molecule has 1 N–H and O–H groups in total. The molecule has 140 valence electrons. The van der Waals surface area contributed by atoms with Crippen LogP contribution >= 0.6 is 0 Å². The van der Waals surface area contributed by atoms with E-state index in [2.05, 4.69) is 0 Å². The minimum atomic E-state index is -2.11. The van der Waals surface area contributed by atoms with Crippen molar-refractivity contribution in [2.24, 2.45) is 5.92 Å². The largest absolute Gasteiger partial charge is 0.496 e. The van der Waals surface area contributed by atoms with E-state index in [1.54, 1.807) is 6.07 Å². The number of hydrogen-bond acceptors (Lipinski definition) is 6. The summed E-state index contributed by atoms with van der Waals surface area (Å²) in [5.41, 5.74) is -2.96. The summed E-state index contributed by atoms with van der Waals surface area (Å²) in [6, 6.07) is 8.67. The van der Waals surface area contributed by atoms with Crippen molar-refractivity contribution in [3.63, 3.8) is 0 Å². The highest BCUT2D eigenvalue weighted by Crippen LogP contribution is 2.52. The van der Waals surface area contributed by atoms with E-state index >= 15 is 0 Å². The molecule has 0 amide bonds. The van der Waals surface area contributed by atoms with Crippen molar-refractivity contribution in [3.05, 3.63) is 69.5 Å². The molecule has 3 rings (SSSR count). The number of carboxylic acids is 1. The standard InChI is InChI=1S/C18H14FNO7/c1-26-15-5-3-2-4-11(15)18(13(17(22)23)9-16(21)27-18)12-8-10(19)6-7-14(12)20(24)25/h2-8,13H,9H2,1H3,(H,22,23). The van der Waals surface area contributed by atoms with Gasteiger partial charge in [-0.1, -0.05) is 18.2 Å². The Balaban J connectivity index is 2.44. The summed E-state index contributed by atoms with van der Waals surface area (Å²) in [4.78, 5) is 34.8. The predicted molar refractivity (Wildman–Crippen MR) is 88.7 cm³/mol. The Morgan fingerprint density at radius 2 is 2.04 bits per heavy atom. The Bertz CT molecular complexity index is 945. The van der Waals surface area contributed by atoms with Gasteiger partial charge in [-0.25, -0.2) is 4.39 Å². The number of carbonyl (C=O) groups is 2. The number of carbonyl (C=O) groups excluding carboxylic acids is 1. The summed E-state index contributed by atoms with van der Waals surface area (Å²) in [6.45, 7) is 0. The minimum Gasteiger partial charge on any atom is -0.496 e. The number of aliphatic carboxylic acids is 1. The van der Waals surface area contributed by atoms with E-state index in [9.17, 15) is 29.2 Å². The smallest absolute Gasteiger partial charge is 0.311 e. The first-order valence-electron chi connectivity index (χ1n) is 7.83. The third-order valence-corrected chi connectivity index (χ3v) is 4.50. The average molecular weight is 375 g/mol. The van der Waals surface area contributed by atoms with E-state index in [0.717, 1.165) is 18.2 Å². The second-order valence-corrected chi connectivity index (χ2v) is 5.92. The lowest BCUT2D eigenvalue weighted by Crippen LogP contribution is -2.39. The Hall–Kier alpha value is -3.49. The van der Waals surface area contributed by atoms with Gasteiger partial charge in [0.05, 0.1) is 24.0 Å². The summed E-state index contributed by atoms with van der Waals surface area (Å²) in [5.74, 6) is -4.48. The number of hydrogen-bond donors (Lipinski definition) is 1. The van der Waals surface area contributed by atoms with E-state index in [0.29, 0.717) is 0 Å². The lowest BCUT2D eigenvalue weighted by atomic mass is 9.75. The third kappa shape index (κ3) is 2.86. The zero-order valence-corrected chi connectivity index (χ0v) is 14.0. The van der Waals surface area contributed by atoms with Crippen LogP contribution in [0.5, 0.6) is 5.75 Å². The van der Waals surface area contributed by atoms with Crippen LogP contribution in [0.3, 0.4) is 0 Å². The van der Waals surface area contributed by atoms with Crippen molar-refractivity contribution in [1.82, 2.24) is 0 Å². The zero-order valence-electron chi connectivity index (χ0n) is 14.0. The minimum absolute atomic E-state index is 0.0828. The highest BCUT2D eigenvalue weighted by Gasteiger charge is 2.59. The zero-order chi connectivity index (χ0) is 19.8. The molecule has 0 aliphatic carbocycles. The number of nitro benzene ring substituents is 1. The number of esters is 1. The second kappa shape index (κ2) is 6.67. The summed E-state index contributed by atoms with van der Waals surface area (Å²) in [7, 11) is 1.32. The van der Waals surface area contributed by atoms with Gasteiger partial charge in [-0.3, -0.25) is 19.7 Å². The quantitative estimate of drug-likeness (QED) is 0.485. The molecule has 1 fully saturated rings. The molecule has 0 bridgehead atoms. The third-order valence-electron chi connectivity index (χ3n) is 4.50. The molecular formula is C18H14FNO7. The average Bonchev–Trinajstić information content (AvgIpc) is 3.00. The first kappa shape index (κ1) is 18.3. The first-order chi connectivity index (χ1) is 12.8. The fraction of sp³-hybridized carbons (Fsp3) is 0.222. The number of benzene rings is 2. The Morgan fingerprint density at radius 1 is 1.33 bits per heavy atom. The highest BCUT2D eigenvalue weighted by atomic mass is 19.1. The van der Waals surface area contributed by atoms with Gasteiger partial charge >= 0.3 is 11.9 Å². The van der Waals surface area contributed by atoms with Gasteiger partial charge in [0.2, 0.25) is 0 Å². The normalized spacial score (nSPS) is 21.6. The molecule has 0 spiro atoms. The number of nitro groups is 1. The second-order valence-electron chi connectivity index (χ2n) is 5.92. The van der Waals surface area contributed by atoms with E-state index in [4.69, 9.17) is 9.47 Å². The lowest BCUT2D eigenvalue weighted by molar-refractivity contribution is -0.386. The van der Waals surface area contributed by atoms with E-state index in [-0.39, 0.29) is 16.9 Å². The maximum Gasteiger partial charge on any atom is 0.311 e. The number of methoxy groups -OCH3 is 1. The molecule has 8 nitrogen and oxygen atoms in total. The van der Waals surface area contributed by atoms with E-state index in [1.165, 1.54) is 25.3 Å². The van der Waals surface area contributed by atoms with E-state index in [1.807, 2.05) is 0 Å². The van der Waals surface area contributed by atoms with Crippen LogP contribution in [0.4, 0.5) is 10.1 Å². The van der Waals surface area contributed by atoms with Crippen LogP contribution in [-0.2, 0) is 19.9 Å². The van der Waals surface area contributed by atoms with Crippen molar-refractivity contribution >= 4 is 17.6 Å². The molecule has 0 aromatic heterocycles. The molecule has 27 heavy (non-hydrogen) atoms. The molecule has 1 aliphatic rings. The monoisotopic (exact) mass is 375 g/mol. The van der Waals surface area contributed by atoms with Gasteiger partial charge in [0, 0.05) is 11.6 Å². The SMILES string of the molecule is COc1ccccc1C1(c2cc(F)ccc2[N+](=O)[O-])OC(=O)CC1C(=O)O. The number of para-hydroxylation sites is 1. The van der Waals surface area contributed by atoms with Crippen LogP contribution in [0.2, 0.25) is 0 Å². The molecule has 2 aromatic rings. The fourth-order valence-corrected chi connectivity index (χ4v) is 3.41. The molecule has 2 aromatic carbocycles. The topological polar surface area (TPSA) is 116 Å². The molecule has 2 unspecified atom stereocenters. The summed E-state index contributed by atoms with van der Waals surface area (Å²) >= 11 is 0. The van der Waals surface area contributed by atoms with Crippen molar-refractivity contribution in [2.75, 3.05) is 7.11 Å². The van der Waals surface area contributed by atoms with Crippen LogP contribution in [0.15, 0.2) is 42.5 Å². The van der Waals surface area contributed by atoms with Crippen molar-refractivity contribution in [3.8, 4) is 5.75 Å². The molecule has 1 saturated heterocycles. The predicted octanol–water partition coefficient (Wildman–Crippen LogP) is 2.63. The summed E-state index contributed by atoms with van der Waals surface area (Å²) in [5, 5.41) is 21.3. The molecule has 1 aliphatic heterocycles. The van der Waals surface area contributed by atoms with Crippen LogP contribution in [0, 0.1) is 21.8 Å². The molecule has 1 heterocycles. The maximum absolute atomic E-state index is 14.0. The molecule has 0 saturated carbocycles. The number of cyclic esters (lactones) is 1. The van der Waals surface area contributed by atoms with Gasteiger partial charge in [0.15, 0.2) is 5.60 Å². The number of halogens is 1. The number of ether oxygens (including phenoxy) is 2. The maximum atomic E-state index is 14.0. The van der Waals surface area contributed by atoms with Crippen molar-refractivity contribution < 1.29 is 33.5 Å². The van der Waals surface area contributed by atoms with Crippen LogP contribution in [0.1, 0.15) is 17.5 Å². The van der Waals surface area contributed by atoms with Crippen molar-refractivity contribution in [1.29, 1.82) is 0 Å². The van der Waals surface area contributed by atoms with E-state index < -0.39 is 46.3 Å². The number of rotatable bonds is 5. The van der Waals surface area contributed by atoms with Crippen LogP contribution in [0.25, 0.3) is 0 Å². The highest BCUT2D eigenvalue weighted by molar-refractivity contribution is 5.86. The first-order valence-corrected chi connectivity index (χ1v) is 7.83. The fourth-order valence-electron chi connectivity index (χ4n) is 3.41. The Labute approximate surface area is 152 Å². The van der Waals surface area contributed by atoms with Gasteiger partial charge < -0.3 is 14.6 Å². The molecule has 0 radical (unpaired) electrons. The Morgan fingerprint density at radius 3 is 2.67 bits per heavy atom. The van der Waals surface area contributed by atoms with Crippen LogP contribution < -0.4 is 4.74 Å². The molecule has 9 heteroatoms. The molecule has 2 atom stereocenters. The van der Waals surface area contributed by atoms with Crippen molar-refractivity contribution in [2.45, 2.75) is 12.0 Å². The number of nitrogens with zero attached hydrogens (tertiary/aromatic N) is 1. The summed E-state index contributed by atoms with van der Waals surface area (Å²) in [6.07, 6.45) is -0.527. The van der Waals surface area contributed by atoms with Gasteiger partial charge in [-0.05, 0) is 18.2 Å². The van der Waals surface area contributed by atoms with Gasteiger partial charge in [0.1, 0.15) is 17.5 Å². The molecular weight excluding hydrogens is 361 g/mol. The van der Waals surface area contributed by atoms with Gasteiger partial charge in [-0.15, -0.1) is 0 Å². The number of carboxylic acid groups (broad SMARTS) is 1. The van der Waals surface area contributed by atoms with Gasteiger partial charge in [-0.2, -0.15) is 0 Å². The summed E-state index contributed by atoms with van der Waals surface area (Å²) < 4.78 is 24.7. The lowest BCUT2D eigenvalue weighted by Gasteiger charge is -2.33. The Kier molecular flexibility index (Phi) is 4.52. The van der Waals surface area contributed by atoms with Crippen LogP contribution in [-0.4, -0.2) is 29.1 Å². The van der Waals surface area contributed by atoms with Gasteiger partial charge in [0.25, 0.3) is 5.69 Å².